The highest BCUT2D eigenvalue weighted by Crippen LogP contribution is 2.27. The first-order valence-electron chi connectivity index (χ1n) is 9.40. The Hall–Kier alpha value is -2.84. The zero-order valence-electron chi connectivity index (χ0n) is 16.4. The zero-order valence-corrected chi connectivity index (χ0v) is 17.2. The van der Waals surface area contributed by atoms with Crippen molar-refractivity contribution in [2.24, 2.45) is 0 Å². The lowest BCUT2D eigenvalue weighted by atomic mass is 10.2. The first kappa shape index (κ1) is 19.5. The number of benzene rings is 2. The van der Waals surface area contributed by atoms with Crippen molar-refractivity contribution < 1.29 is 17.9 Å². The number of hydrogen-bond acceptors (Lipinski definition) is 5. The molecule has 0 aliphatic carbocycles. The third kappa shape index (κ3) is 3.49. The third-order valence-electron chi connectivity index (χ3n) is 5.27. The average molecular weight is 413 g/mol. The van der Waals surface area contributed by atoms with E-state index < -0.39 is 10.0 Å². The van der Waals surface area contributed by atoms with Gasteiger partial charge < -0.3 is 14.5 Å². The number of hydrogen-bond donors (Lipinski definition) is 0. The number of rotatable bonds is 4. The number of nitrogens with zero attached hydrogens (tertiary/aromatic N) is 3. The van der Waals surface area contributed by atoms with Crippen LogP contribution in [0.3, 0.4) is 0 Å². The standard InChI is InChI=1S/C21H23N3O4S/c1-22-11-13-23(14-12-22)21(25)20-15-16-5-3-4-6-19(16)24(20)29(26,27)18-9-7-17(28-2)8-10-18/h3-10,15H,11-14H2,1-2H3. The van der Waals surface area contributed by atoms with Crippen LogP contribution in [-0.2, 0) is 10.0 Å². The van der Waals surface area contributed by atoms with Gasteiger partial charge in [-0.2, -0.15) is 0 Å². The SMILES string of the molecule is COc1ccc(S(=O)(=O)n2c(C(=O)N3CCN(C)CC3)cc3ccccc32)cc1. The highest BCUT2D eigenvalue weighted by atomic mass is 32.2. The summed E-state index contributed by atoms with van der Waals surface area (Å²) >= 11 is 0. The first-order chi connectivity index (χ1) is 13.9. The summed E-state index contributed by atoms with van der Waals surface area (Å²) in [4.78, 5) is 17.2. The predicted octanol–water partition coefficient (Wildman–Crippen LogP) is 2.27. The van der Waals surface area contributed by atoms with Gasteiger partial charge in [-0.05, 0) is 43.4 Å². The summed E-state index contributed by atoms with van der Waals surface area (Å²) in [5, 5.41) is 0.710. The van der Waals surface area contributed by atoms with E-state index in [1.165, 1.54) is 23.2 Å². The molecule has 0 spiro atoms. The van der Waals surface area contributed by atoms with Crippen LogP contribution in [0.25, 0.3) is 10.9 Å². The lowest BCUT2D eigenvalue weighted by Crippen LogP contribution is -2.47. The van der Waals surface area contributed by atoms with Crippen molar-refractivity contribution in [3.05, 3.63) is 60.3 Å². The van der Waals surface area contributed by atoms with Crippen molar-refractivity contribution in [1.82, 2.24) is 13.8 Å². The molecule has 8 heteroatoms. The van der Waals surface area contributed by atoms with Crippen molar-refractivity contribution in [2.75, 3.05) is 40.3 Å². The van der Waals surface area contributed by atoms with Crippen LogP contribution in [0, 0.1) is 0 Å². The second kappa shape index (κ2) is 7.53. The molecule has 0 bridgehead atoms. The number of fused-ring (bicyclic) bond motifs is 1. The quantitative estimate of drug-likeness (QED) is 0.656. The molecule has 2 heterocycles. The Morgan fingerprint density at radius 2 is 1.62 bits per heavy atom. The Morgan fingerprint density at radius 3 is 2.28 bits per heavy atom. The van der Waals surface area contributed by atoms with Crippen LogP contribution in [-0.4, -0.2) is 68.4 Å². The lowest BCUT2D eigenvalue weighted by Gasteiger charge is -2.32. The molecule has 152 valence electrons. The maximum atomic E-state index is 13.5. The van der Waals surface area contributed by atoms with Crippen molar-refractivity contribution in [1.29, 1.82) is 0 Å². The second-order valence-corrected chi connectivity index (χ2v) is 8.92. The summed E-state index contributed by atoms with van der Waals surface area (Å²) in [6.45, 7) is 2.66. The molecule has 7 nitrogen and oxygen atoms in total. The van der Waals surface area contributed by atoms with Crippen molar-refractivity contribution in [3.63, 3.8) is 0 Å². The van der Waals surface area contributed by atoms with Crippen molar-refractivity contribution in [2.45, 2.75) is 4.90 Å². The van der Waals surface area contributed by atoms with Crippen LogP contribution >= 0.6 is 0 Å². The number of methoxy groups -OCH3 is 1. The highest BCUT2D eigenvalue weighted by Gasteiger charge is 2.30. The number of piperazine rings is 1. The molecule has 0 unspecified atom stereocenters. The largest absolute Gasteiger partial charge is 0.497 e. The topological polar surface area (TPSA) is 71.8 Å². The van der Waals surface area contributed by atoms with Gasteiger partial charge in [-0.1, -0.05) is 18.2 Å². The lowest BCUT2D eigenvalue weighted by molar-refractivity contribution is 0.0657. The van der Waals surface area contributed by atoms with Crippen LogP contribution in [0.1, 0.15) is 10.5 Å². The van der Waals surface area contributed by atoms with Gasteiger partial charge in [0, 0.05) is 31.6 Å². The van der Waals surface area contributed by atoms with Gasteiger partial charge in [0.25, 0.3) is 15.9 Å². The molecule has 1 aromatic heterocycles. The zero-order chi connectivity index (χ0) is 20.6. The molecule has 2 aromatic carbocycles. The van der Waals surface area contributed by atoms with Gasteiger partial charge in [0.2, 0.25) is 0 Å². The van der Waals surface area contributed by atoms with Crippen molar-refractivity contribution in [3.8, 4) is 5.75 Å². The average Bonchev–Trinajstić information content (AvgIpc) is 3.14. The molecule has 1 fully saturated rings. The molecule has 0 radical (unpaired) electrons. The molecule has 1 saturated heterocycles. The molecular formula is C21H23N3O4S. The molecule has 0 saturated carbocycles. The summed E-state index contributed by atoms with van der Waals surface area (Å²) < 4.78 is 33.3. The monoisotopic (exact) mass is 413 g/mol. The minimum atomic E-state index is -3.97. The van der Waals surface area contributed by atoms with Gasteiger partial charge in [-0.15, -0.1) is 0 Å². The van der Waals surface area contributed by atoms with Crippen molar-refractivity contribution >= 4 is 26.8 Å². The molecule has 29 heavy (non-hydrogen) atoms. The first-order valence-corrected chi connectivity index (χ1v) is 10.8. The van der Waals surface area contributed by atoms with E-state index in [0.717, 1.165) is 13.1 Å². The Labute approximate surface area is 170 Å². The Kier molecular flexibility index (Phi) is 5.06. The van der Waals surface area contributed by atoms with Gasteiger partial charge in [-0.3, -0.25) is 4.79 Å². The van der Waals surface area contributed by atoms with Crippen LogP contribution in [0.15, 0.2) is 59.5 Å². The van der Waals surface area contributed by atoms with E-state index in [1.807, 2.05) is 19.2 Å². The van der Waals surface area contributed by atoms with Crippen LogP contribution < -0.4 is 4.74 Å². The summed E-state index contributed by atoms with van der Waals surface area (Å²) in [5.74, 6) is 0.293. The maximum Gasteiger partial charge on any atom is 0.271 e. The molecule has 0 atom stereocenters. The molecule has 0 N–H and O–H groups in total. The number of para-hydroxylation sites is 1. The Bertz CT molecular complexity index is 1140. The number of likely N-dealkylation sites (N-methyl/N-ethyl adjacent to an activating group) is 1. The van der Waals surface area contributed by atoms with Gasteiger partial charge in [0.05, 0.1) is 17.5 Å². The van der Waals surface area contributed by atoms with E-state index in [2.05, 4.69) is 4.90 Å². The van der Waals surface area contributed by atoms with E-state index >= 15 is 0 Å². The maximum absolute atomic E-state index is 13.5. The van der Waals surface area contributed by atoms with Gasteiger partial charge in [-0.25, -0.2) is 12.4 Å². The van der Waals surface area contributed by atoms with E-state index in [4.69, 9.17) is 4.74 Å². The summed E-state index contributed by atoms with van der Waals surface area (Å²) in [6.07, 6.45) is 0. The fourth-order valence-electron chi connectivity index (χ4n) is 3.56. The smallest absolute Gasteiger partial charge is 0.271 e. The Morgan fingerprint density at radius 1 is 0.966 bits per heavy atom. The van der Waals surface area contributed by atoms with Gasteiger partial charge in [0.1, 0.15) is 11.4 Å². The summed E-state index contributed by atoms with van der Waals surface area (Å²) in [6, 6.07) is 15.0. The fraction of sp³-hybridized carbons (Fsp3) is 0.286. The van der Waals surface area contributed by atoms with Crippen LogP contribution in [0.2, 0.25) is 0 Å². The van der Waals surface area contributed by atoms with Crippen LogP contribution in [0.5, 0.6) is 5.75 Å². The summed E-state index contributed by atoms with van der Waals surface area (Å²) in [5.41, 5.74) is 0.646. The van der Waals surface area contributed by atoms with E-state index in [1.54, 1.807) is 35.2 Å². The molecule has 1 amide bonds. The number of aromatic nitrogens is 1. The number of carbonyl (C=O) groups excluding carboxylic acids is 1. The minimum absolute atomic E-state index is 0.104. The van der Waals surface area contributed by atoms with Gasteiger partial charge >= 0.3 is 0 Å². The molecule has 1 aliphatic heterocycles. The molecule has 4 rings (SSSR count). The van der Waals surface area contributed by atoms with Crippen LogP contribution in [0.4, 0.5) is 0 Å². The minimum Gasteiger partial charge on any atom is -0.497 e. The highest BCUT2D eigenvalue weighted by molar-refractivity contribution is 7.90. The second-order valence-electron chi connectivity index (χ2n) is 7.13. The summed E-state index contributed by atoms with van der Waals surface area (Å²) in [7, 11) is -0.439. The van der Waals surface area contributed by atoms with E-state index in [9.17, 15) is 13.2 Å². The Balaban J connectivity index is 1.84. The molecular weight excluding hydrogens is 390 g/mol. The van der Waals surface area contributed by atoms with Gasteiger partial charge in [0.15, 0.2) is 0 Å². The molecule has 1 aliphatic rings. The normalized spacial score (nSPS) is 15.6. The number of ether oxygens (including phenoxy) is 1. The fourth-order valence-corrected chi connectivity index (χ4v) is 5.07. The predicted molar refractivity (Wildman–Crippen MR) is 111 cm³/mol. The number of amides is 1. The van der Waals surface area contributed by atoms with E-state index in [-0.39, 0.29) is 16.5 Å². The third-order valence-corrected chi connectivity index (χ3v) is 7.02. The molecule has 3 aromatic rings. The number of carbonyl (C=O) groups is 1. The van der Waals surface area contributed by atoms with E-state index in [0.29, 0.717) is 29.7 Å².